The summed E-state index contributed by atoms with van der Waals surface area (Å²) in [5.41, 5.74) is 4.48. The van der Waals surface area contributed by atoms with Crippen LogP contribution in [0.15, 0.2) is 52.6 Å². The molecule has 26 heavy (non-hydrogen) atoms. The van der Waals surface area contributed by atoms with Crippen molar-refractivity contribution >= 4 is 11.8 Å². The maximum Gasteiger partial charge on any atom is 0.136 e. The second-order valence-electron chi connectivity index (χ2n) is 7.00. The van der Waals surface area contributed by atoms with Crippen LogP contribution >= 0.6 is 11.8 Å². The van der Waals surface area contributed by atoms with E-state index in [9.17, 15) is 5.11 Å². The van der Waals surface area contributed by atoms with E-state index in [0.717, 1.165) is 16.3 Å². The summed E-state index contributed by atoms with van der Waals surface area (Å²) in [5.74, 6) is 0.892. The smallest absolute Gasteiger partial charge is 0.136 e. The predicted octanol–water partition coefficient (Wildman–Crippen LogP) is 4.97. The van der Waals surface area contributed by atoms with Gasteiger partial charge in [0.05, 0.1) is 5.69 Å². The lowest BCUT2D eigenvalue weighted by Gasteiger charge is -2.07. The van der Waals surface area contributed by atoms with Gasteiger partial charge >= 0.3 is 0 Å². The van der Waals surface area contributed by atoms with Crippen molar-refractivity contribution < 1.29 is 5.11 Å². The molecule has 0 saturated carbocycles. The van der Waals surface area contributed by atoms with Crippen LogP contribution in [0.2, 0.25) is 0 Å². The second kappa shape index (κ2) is 8.06. The number of nitrogens with zero attached hydrogens (tertiary/aromatic N) is 2. The van der Waals surface area contributed by atoms with Crippen LogP contribution in [0.25, 0.3) is 0 Å². The number of hydrogen-bond donors (Lipinski definition) is 2. The van der Waals surface area contributed by atoms with Crippen LogP contribution in [-0.4, -0.2) is 20.1 Å². The summed E-state index contributed by atoms with van der Waals surface area (Å²) in [6.45, 7) is 8.46. The molecule has 0 amide bonds. The van der Waals surface area contributed by atoms with Crippen LogP contribution in [-0.2, 0) is 6.42 Å². The summed E-state index contributed by atoms with van der Waals surface area (Å²) >= 11 is 1.67. The molecule has 0 aliphatic rings. The zero-order valence-electron chi connectivity index (χ0n) is 15.7. The number of imidazole rings is 1. The molecule has 0 bridgehead atoms. The molecule has 0 aliphatic carbocycles. The Balaban J connectivity index is 1.86. The van der Waals surface area contributed by atoms with Crippen LogP contribution in [0.3, 0.4) is 0 Å². The number of H-pyrrole nitrogens is 1. The Morgan fingerprint density at radius 2 is 1.88 bits per heavy atom. The summed E-state index contributed by atoms with van der Waals surface area (Å²) < 4.78 is 0. The van der Waals surface area contributed by atoms with Crippen LogP contribution in [0, 0.1) is 13.8 Å². The van der Waals surface area contributed by atoms with Gasteiger partial charge in [-0.1, -0.05) is 37.7 Å². The lowest BCUT2D eigenvalue weighted by molar-refractivity contribution is 0.169. The van der Waals surface area contributed by atoms with Crippen LogP contribution in [0.1, 0.15) is 54.1 Å². The molecule has 5 heteroatoms. The van der Waals surface area contributed by atoms with Gasteiger partial charge in [0.15, 0.2) is 0 Å². The molecule has 0 spiro atoms. The molecule has 4 nitrogen and oxygen atoms in total. The number of aliphatic hydroxyl groups is 1. The number of hydrogen-bond acceptors (Lipinski definition) is 4. The SMILES string of the molecule is Cc1cc(C)cc(Sc2[nH]c(C(O)Cc3cccnc3)nc2C(C)C)c1. The Labute approximate surface area is 159 Å². The van der Waals surface area contributed by atoms with E-state index in [1.807, 2.05) is 12.1 Å². The largest absolute Gasteiger partial charge is 0.385 e. The molecule has 1 atom stereocenters. The van der Waals surface area contributed by atoms with Gasteiger partial charge in [0.1, 0.15) is 17.0 Å². The molecule has 2 aromatic heterocycles. The van der Waals surface area contributed by atoms with Crippen molar-refractivity contribution in [2.45, 2.75) is 56.1 Å². The highest BCUT2D eigenvalue weighted by atomic mass is 32.2. The maximum atomic E-state index is 10.6. The third-order valence-corrected chi connectivity index (χ3v) is 5.13. The number of aromatic amines is 1. The van der Waals surface area contributed by atoms with Crippen molar-refractivity contribution in [2.75, 3.05) is 0 Å². The molecule has 136 valence electrons. The quantitative estimate of drug-likeness (QED) is 0.645. The molecular formula is C21H25N3OS. The van der Waals surface area contributed by atoms with Gasteiger partial charge in [0.25, 0.3) is 0 Å². The van der Waals surface area contributed by atoms with Crippen molar-refractivity contribution in [1.29, 1.82) is 0 Å². The minimum Gasteiger partial charge on any atom is -0.385 e. The predicted molar refractivity (Wildman–Crippen MR) is 106 cm³/mol. The molecule has 0 aliphatic heterocycles. The summed E-state index contributed by atoms with van der Waals surface area (Å²) in [4.78, 5) is 13.3. The van der Waals surface area contributed by atoms with Crippen LogP contribution in [0.4, 0.5) is 0 Å². The molecule has 0 saturated heterocycles. The third-order valence-electron chi connectivity index (χ3n) is 4.14. The highest BCUT2D eigenvalue weighted by Crippen LogP contribution is 2.34. The minimum absolute atomic E-state index is 0.277. The number of aliphatic hydroxyl groups excluding tert-OH is 1. The standard InChI is InChI=1S/C21H25N3OS/c1-13(2)19-21(26-17-9-14(3)8-15(4)10-17)24-20(23-19)18(25)11-16-6-5-7-22-12-16/h5-10,12-13,18,25H,11H2,1-4H3,(H,23,24). The second-order valence-corrected chi connectivity index (χ2v) is 8.08. The van der Waals surface area contributed by atoms with Gasteiger partial charge in [-0.2, -0.15) is 0 Å². The third kappa shape index (κ3) is 4.54. The van der Waals surface area contributed by atoms with Gasteiger partial charge in [0, 0.05) is 23.7 Å². The average molecular weight is 368 g/mol. The van der Waals surface area contributed by atoms with Crippen LogP contribution in [0.5, 0.6) is 0 Å². The molecular weight excluding hydrogens is 342 g/mol. The first-order chi connectivity index (χ1) is 12.4. The summed E-state index contributed by atoms with van der Waals surface area (Å²) in [7, 11) is 0. The van der Waals surface area contributed by atoms with Gasteiger partial charge in [-0.3, -0.25) is 4.98 Å². The van der Waals surface area contributed by atoms with E-state index in [-0.39, 0.29) is 5.92 Å². The van der Waals surface area contributed by atoms with E-state index in [2.05, 4.69) is 55.9 Å². The molecule has 1 unspecified atom stereocenters. The Bertz CT molecular complexity index is 854. The maximum absolute atomic E-state index is 10.6. The number of aryl methyl sites for hydroxylation is 2. The number of nitrogens with one attached hydrogen (secondary N) is 1. The Kier molecular flexibility index (Phi) is 5.79. The highest BCUT2D eigenvalue weighted by Gasteiger charge is 2.19. The Morgan fingerprint density at radius 3 is 2.50 bits per heavy atom. The van der Waals surface area contributed by atoms with Gasteiger partial charge in [-0.25, -0.2) is 4.98 Å². The van der Waals surface area contributed by atoms with E-state index in [1.165, 1.54) is 16.0 Å². The van der Waals surface area contributed by atoms with Crippen molar-refractivity contribution in [3.63, 3.8) is 0 Å². The molecule has 3 aromatic rings. The normalized spacial score (nSPS) is 12.5. The fourth-order valence-corrected chi connectivity index (χ4v) is 4.23. The van der Waals surface area contributed by atoms with E-state index in [4.69, 9.17) is 4.98 Å². The van der Waals surface area contributed by atoms with E-state index in [0.29, 0.717) is 12.2 Å². The van der Waals surface area contributed by atoms with Crippen LogP contribution < -0.4 is 0 Å². The fraction of sp³-hybridized carbons (Fsp3) is 0.333. The van der Waals surface area contributed by atoms with Gasteiger partial charge in [-0.15, -0.1) is 0 Å². The topological polar surface area (TPSA) is 61.8 Å². The fourth-order valence-electron chi connectivity index (χ4n) is 2.96. The Hall–Kier alpha value is -2.11. The lowest BCUT2D eigenvalue weighted by Crippen LogP contribution is -2.04. The molecule has 2 N–H and O–H groups in total. The summed E-state index contributed by atoms with van der Waals surface area (Å²) in [6, 6.07) is 10.4. The molecule has 1 aromatic carbocycles. The van der Waals surface area contributed by atoms with Crippen molar-refractivity contribution in [2.24, 2.45) is 0 Å². The summed E-state index contributed by atoms with van der Waals surface area (Å²) in [6.07, 6.45) is 3.33. The first-order valence-electron chi connectivity index (χ1n) is 8.85. The van der Waals surface area contributed by atoms with Gasteiger partial charge < -0.3 is 10.1 Å². The van der Waals surface area contributed by atoms with Gasteiger partial charge in [-0.05, 0) is 54.7 Å². The average Bonchev–Trinajstić information content (AvgIpc) is 2.99. The number of benzene rings is 1. The molecule has 0 radical (unpaired) electrons. The Morgan fingerprint density at radius 1 is 1.15 bits per heavy atom. The molecule has 2 heterocycles. The van der Waals surface area contributed by atoms with Crippen molar-refractivity contribution in [1.82, 2.24) is 15.0 Å². The minimum atomic E-state index is -0.676. The van der Waals surface area contributed by atoms with Gasteiger partial charge in [0.2, 0.25) is 0 Å². The first-order valence-corrected chi connectivity index (χ1v) is 9.67. The van der Waals surface area contributed by atoms with Crippen molar-refractivity contribution in [3.05, 3.63) is 70.9 Å². The number of pyridine rings is 1. The van der Waals surface area contributed by atoms with E-state index < -0.39 is 6.10 Å². The van der Waals surface area contributed by atoms with Crippen molar-refractivity contribution in [3.8, 4) is 0 Å². The number of rotatable bonds is 6. The summed E-state index contributed by atoms with van der Waals surface area (Å²) in [5, 5.41) is 11.6. The highest BCUT2D eigenvalue weighted by molar-refractivity contribution is 7.99. The zero-order chi connectivity index (χ0) is 18.7. The van der Waals surface area contributed by atoms with E-state index >= 15 is 0 Å². The number of aromatic nitrogens is 3. The molecule has 0 fully saturated rings. The zero-order valence-corrected chi connectivity index (χ0v) is 16.5. The first kappa shape index (κ1) is 18.7. The van der Waals surface area contributed by atoms with E-state index in [1.54, 1.807) is 24.2 Å². The monoisotopic (exact) mass is 367 g/mol. The molecule has 3 rings (SSSR count). The lowest BCUT2D eigenvalue weighted by atomic mass is 10.1.